The molecular formula is C45H28N4Si. The number of benzene rings is 7. The number of hydrogen-bond donors (Lipinski definition) is 0. The van der Waals surface area contributed by atoms with Crippen LogP contribution in [0.4, 0.5) is 0 Å². The van der Waals surface area contributed by atoms with Crippen molar-refractivity contribution in [2.24, 2.45) is 0 Å². The fraction of sp³-hybridized carbons (Fsp3) is 0. The summed E-state index contributed by atoms with van der Waals surface area (Å²) in [5.74, 6) is 0. The van der Waals surface area contributed by atoms with E-state index in [1.165, 1.54) is 20.7 Å². The molecular weight excluding hydrogens is 625 g/mol. The van der Waals surface area contributed by atoms with Crippen molar-refractivity contribution in [1.29, 1.82) is 15.8 Å². The lowest BCUT2D eigenvalue weighted by Crippen LogP contribution is -2.74. The smallest absolute Gasteiger partial charge is 0.179 e. The van der Waals surface area contributed by atoms with Gasteiger partial charge >= 0.3 is 0 Å². The zero-order valence-corrected chi connectivity index (χ0v) is 28.0. The Labute approximate surface area is 291 Å². The molecule has 1 heterocycles. The summed E-state index contributed by atoms with van der Waals surface area (Å²) in [7, 11) is -2.75. The van der Waals surface area contributed by atoms with Gasteiger partial charge in [-0.2, -0.15) is 15.8 Å². The van der Waals surface area contributed by atoms with Gasteiger partial charge in [0.2, 0.25) is 0 Å². The third-order valence-electron chi connectivity index (χ3n) is 9.69. The third-order valence-corrected chi connectivity index (χ3v) is 14.5. The van der Waals surface area contributed by atoms with E-state index in [4.69, 9.17) is 0 Å². The number of para-hydroxylation sites is 1. The molecule has 0 saturated carbocycles. The van der Waals surface area contributed by atoms with Gasteiger partial charge < -0.3 is 4.57 Å². The molecule has 0 radical (unpaired) electrons. The fourth-order valence-corrected chi connectivity index (χ4v) is 12.3. The molecule has 0 spiro atoms. The molecule has 0 aliphatic carbocycles. The van der Waals surface area contributed by atoms with E-state index in [9.17, 15) is 15.8 Å². The Bertz CT molecular complexity index is 2560. The lowest BCUT2D eigenvalue weighted by molar-refractivity contribution is 1.17. The standard InChI is InChI=1S/C45H28N4Si/c46-29-32-20-26-43-40(28-32)39-18-10-11-19-42(39)49(43)44-27-23-34(30-47)45(41(44)31-48)33-21-24-38(25-22-33)50(35-12-4-1-5-13-35,36-14-6-2-7-15-36)37-16-8-3-9-17-37/h1-28H. The van der Waals surface area contributed by atoms with Crippen LogP contribution in [0.2, 0.25) is 0 Å². The van der Waals surface area contributed by atoms with E-state index >= 15 is 0 Å². The van der Waals surface area contributed by atoms with Gasteiger partial charge in [0.25, 0.3) is 0 Å². The summed E-state index contributed by atoms with van der Waals surface area (Å²) in [6, 6.07) is 65.1. The first-order chi connectivity index (χ1) is 24.7. The summed E-state index contributed by atoms with van der Waals surface area (Å²) in [5.41, 5.74) is 5.32. The monoisotopic (exact) mass is 652 g/mol. The second kappa shape index (κ2) is 12.6. The molecule has 0 fully saturated rings. The van der Waals surface area contributed by atoms with Crippen LogP contribution in [0.1, 0.15) is 16.7 Å². The van der Waals surface area contributed by atoms with Crippen LogP contribution in [0.5, 0.6) is 0 Å². The molecule has 8 rings (SSSR count). The van der Waals surface area contributed by atoms with Gasteiger partial charge in [-0.05, 0) is 62.7 Å². The van der Waals surface area contributed by atoms with E-state index in [-0.39, 0.29) is 0 Å². The number of nitrogens with zero attached hydrogens (tertiary/aromatic N) is 4. The molecule has 8 aromatic rings. The van der Waals surface area contributed by atoms with E-state index in [2.05, 4.69) is 138 Å². The number of aromatic nitrogens is 1. The van der Waals surface area contributed by atoms with Crippen molar-refractivity contribution in [2.75, 3.05) is 0 Å². The highest BCUT2D eigenvalue weighted by molar-refractivity contribution is 7.19. The van der Waals surface area contributed by atoms with Crippen molar-refractivity contribution in [3.8, 4) is 35.0 Å². The number of nitriles is 3. The number of hydrogen-bond acceptors (Lipinski definition) is 3. The first-order valence-electron chi connectivity index (χ1n) is 16.4. The average Bonchev–Trinajstić information content (AvgIpc) is 3.52. The Balaban J connectivity index is 1.37. The van der Waals surface area contributed by atoms with Crippen LogP contribution in [0.3, 0.4) is 0 Å². The zero-order valence-electron chi connectivity index (χ0n) is 27.0. The second-order valence-corrected chi connectivity index (χ2v) is 16.0. The molecule has 4 nitrogen and oxygen atoms in total. The largest absolute Gasteiger partial charge is 0.308 e. The van der Waals surface area contributed by atoms with Crippen molar-refractivity contribution in [2.45, 2.75) is 0 Å². The van der Waals surface area contributed by atoms with Crippen LogP contribution >= 0.6 is 0 Å². The van der Waals surface area contributed by atoms with Gasteiger partial charge in [0.05, 0.1) is 45.5 Å². The second-order valence-electron chi connectivity index (χ2n) is 12.2. The topological polar surface area (TPSA) is 76.3 Å². The van der Waals surface area contributed by atoms with Crippen LogP contribution in [0.15, 0.2) is 170 Å². The van der Waals surface area contributed by atoms with E-state index in [1.807, 2.05) is 42.5 Å². The number of fused-ring (bicyclic) bond motifs is 3. The minimum Gasteiger partial charge on any atom is -0.308 e. The predicted octanol–water partition coefficient (Wildman–Crippen LogP) is 7.44. The van der Waals surface area contributed by atoms with Gasteiger partial charge in [-0.3, -0.25) is 0 Å². The highest BCUT2D eigenvalue weighted by atomic mass is 28.3. The van der Waals surface area contributed by atoms with E-state index in [0.29, 0.717) is 27.9 Å². The first-order valence-corrected chi connectivity index (χ1v) is 18.4. The number of rotatable bonds is 6. The van der Waals surface area contributed by atoms with Crippen molar-refractivity contribution in [3.63, 3.8) is 0 Å². The lowest BCUT2D eigenvalue weighted by Gasteiger charge is -2.34. The summed E-state index contributed by atoms with van der Waals surface area (Å²) in [6.07, 6.45) is 0. The Morgan fingerprint density at radius 2 is 0.980 bits per heavy atom. The quantitative estimate of drug-likeness (QED) is 0.138. The van der Waals surface area contributed by atoms with Crippen LogP contribution in [0, 0.1) is 34.0 Å². The molecule has 0 N–H and O–H groups in total. The summed E-state index contributed by atoms with van der Waals surface area (Å²) >= 11 is 0. The Morgan fingerprint density at radius 1 is 0.440 bits per heavy atom. The molecule has 1 aromatic heterocycles. The molecule has 0 unspecified atom stereocenters. The summed E-state index contributed by atoms with van der Waals surface area (Å²) < 4.78 is 2.07. The minimum absolute atomic E-state index is 0.418. The van der Waals surface area contributed by atoms with Gasteiger partial charge in [0.15, 0.2) is 8.07 Å². The highest BCUT2D eigenvalue weighted by Crippen LogP contribution is 2.37. The van der Waals surface area contributed by atoms with Crippen molar-refractivity contribution in [3.05, 3.63) is 187 Å². The van der Waals surface area contributed by atoms with E-state index in [0.717, 1.165) is 27.4 Å². The molecule has 50 heavy (non-hydrogen) atoms. The molecule has 7 aromatic carbocycles. The fourth-order valence-electron chi connectivity index (χ4n) is 7.54. The minimum atomic E-state index is -2.75. The Kier molecular flexibility index (Phi) is 7.63. The van der Waals surface area contributed by atoms with E-state index in [1.54, 1.807) is 12.1 Å². The van der Waals surface area contributed by atoms with Crippen molar-refractivity contribution >= 4 is 50.6 Å². The normalized spacial score (nSPS) is 11.1. The molecule has 0 aliphatic heterocycles. The molecule has 0 aliphatic rings. The Morgan fingerprint density at radius 3 is 1.54 bits per heavy atom. The van der Waals surface area contributed by atoms with Crippen LogP contribution in [-0.4, -0.2) is 12.6 Å². The zero-order chi connectivity index (χ0) is 34.1. The maximum Gasteiger partial charge on any atom is 0.179 e. The van der Waals surface area contributed by atoms with Gasteiger partial charge in [-0.15, -0.1) is 0 Å². The average molecular weight is 653 g/mol. The van der Waals surface area contributed by atoms with Crippen LogP contribution < -0.4 is 20.7 Å². The molecule has 0 bridgehead atoms. The van der Waals surface area contributed by atoms with Gasteiger partial charge in [0, 0.05) is 16.3 Å². The summed E-state index contributed by atoms with van der Waals surface area (Å²) in [5, 5.41) is 37.8. The van der Waals surface area contributed by atoms with Gasteiger partial charge in [-0.25, -0.2) is 0 Å². The lowest BCUT2D eigenvalue weighted by atomic mass is 9.94. The van der Waals surface area contributed by atoms with Crippen LogP contribution in [0.25, 0.3) is 38.6 Å². The summed E-state index contributed by atoms with van der Waals surface area (Å²) in [6.45, 7) is 0. The molecule has 0 saturated heterocycles. The maximum absolute atomic E-state index is 10.8. The Hall–Kier alpha value is -6.97. The first kappa shape index (κ1) is 30.4. The summed E-state index contributed by atoms with van der Waals surface area (Å²) in [4.78, 5) is 0. The SMILES string of the molecule is N#Cc1ccc2c(c1)c1ccccc1n2-c1ccc(C#N)c(-c2ccc([Si](c3ccccc3)(c3ccccc3)c3ccccc3)cc2)c1C#N. The highest BCUT2D eigenvalue weighted by Gasteiger charge is 2.41. The predicted molar refractivity (Wildman–Crippen MR) is 204 cm³/mol. The molecule has 0 amide bonds. The van der Waals surface area contributed by atoms with Crippen LogP contribution in [-0.2, 0) is 0 Å². The van der Waals surface area contributed by atoms with Crippen molar-refractivity contribution in [1.82, 2.24) is 4.57 Å². The van der Waals surface area contributed by atoms with Gasteiger partial charge in [-0.1, -0.05) is 133 Å². The molecule has 5 heteroatoms. The van der Waals surface area contributed by atoms with Gasteiger partial charge in [0.1, 0.15) is 6.07 Å². The maximum atomic E-state index is 10.8. The van der Waals surface area contributed by atoms with Crippen molar-refractivity contribution < 1.29 is 0 Å². The molecule has 0 atom stereocenters. The third kappa shape index (κ3) is 4.72. The van der Waals surface area contributed by atoms with E-state index < -0.39 is 8.07 Å². The molecule has 232 valence electrons.